The molecule has 0 spiro atoms. The lowest BCUT2D eigenvalue weighted by molar-refractivity contribution is -0.682. The van der Waals surface area contributed by atoms with Crippen LogP contribution in [0.15, 0.2) is 18.6 Å². The predicted octanol–water partition coefficient (Wildman–Crippen LogP) is -4.55. The molecule has 0 radical (unpaired) electrons. The number of nitrogens with zero attached hydrogens (tertiary/aromatic N) is 2. The number of halogens is 1. The van der Waals surface area contributed by atoms with Crippen molar-refractivity contribution in [2.24, 2.45) is 7.05 Å². The smallest absolute Gasteiger partial charge is 0.369 e. The van der Waals surface area contributed by atoms with Gasteiger partial charge in [0.05, 0.1) is 13.5 Å². The van der Waals surface area contributed by atoms with Crippen LogP contribution in [0.4, 0.5) is 0 Å². The first-order valence-electron chi connectivity index (χ1n) is 4.61. The number of hydrogen-bond acceptors (Lipinski definition) is 4. The van der Waals surface area contributed by atoms with Crippen molar-refractivity contribution < 1.29 is 50.8 Å². The van der Waals surface area contributed by atoms with E-state index < -0.39 is 26.7 Å². The summed E-state index contributed by atoms with van der Waals surface area (Å²) in [5, 5.41) is 6.26. The van der Waals surface area contributed by atoms with E-state index in [4.69, 9.17) is 19.6 Å². The van der Waals surface area contributed by atoms with Crippen molar-refractivity contribution in [2.45, 2.75) is 11.5 Å². The number of aromatic nitrogens is 2. The Balaban J connectivity index is 0.00000324. The molecule has 9 nitrogen and oxygen atoms in total. The van der Waals surface area contributed by atoms with E-state index in [1.54, 1.807) is 0 Å². The third kappa shape index (κ3) is 3.81. The van der Waals surface area contributed by atoms with Crippen molar-refractivity contribution in [2.75, 3.05) is 0 Å². The second kappa shape index (κ2) is 5.95. The summed E-state index contributed by atoms with van der Waals surface area (Å²) in [4.78, 5) is 39.6. The normalized spacial score (nSPS) is 12.9. The molecule has 19 heavy (non-hydrogen) atoms. The van der Waals surface area contributed by atoms with Gasteiger partial charge >= 0.3 is 15.2 Å². The monoisotopic (exact) mass is 334 g/mol. The van der Waals surface area contributed by atoms with Gasteiger partial charge in [-0.15, -0.1) is 0 Å². The van der Waals surface area contributed by atoms with Gasteiger partial charge in [0.1, 0.15) is 11.9 Å². The molecule has 0 aromatic carbocycles. The fraction of sp³-hybridized carbons (Fsp3) is 0.429. The highest BCUT2D eigenvalue weighted by Gasteiger charge is 2.60. The van der Waals surface area contributed by atoms with Crippen molar-refractivity contribution in [1.29, 1.82) is 0 Å². The van der Waals surface area contributed by atoms with Gasteiger partial charge in [-0.3, -0.25) is 9.13 Å². The second-order valence-corrected chi connectivity index (χ2v) is 7.73. The first-order chi connectivity index (χ1) is 7.99. The molecule has 0 bridgehead atoms. The van der Waals surface area contributed by atoms with Crippen molar-refractivity contribution in [1.82, 2.24) is 4.98 Å². The maximum atomic E-state index is 11.1. The van der Waals surface area contributed by atoms with E-state index >= 15 is 0 Å². The lowest BCUT2D eigenvalue weighted by Gasteiger charge is -2.28. The average Bonchev–Trinajstić information content (AvgIpc) is 2.18. The Kier molecular flexibility index (Phi) is 5.83. The molecule has 0 amide bonds. The van der Waals surface area contributed by atoms with E-state index in [2.05, 4.69) is 4.98 Å². The second-order valence-electron chi connectivity index (χ2n) is 3.72. The van der Waals surface area contributed by atoms with E-state index in [1.165, 1.54) is 30.2 Å². The third-order valence-electron chi connectivity index (χ3n) is 2.40. The van der Waals surface area contributed by atoms with Crippen LogP contribution in [0.2, 0.25) is 0 Å². The highest BCUT2D eigenvalue weighted by molar-refractivity contribution is 7.72. The molecule has 0 saturated heterocycles. The van der Waals surface area contributed by atoms with E-state index in [1.807, 2.05) is 0 Å². The quantitative estimate of drug-likeness (QED) is 0.273. The summed E-state index contributed by atoms with van der Waals surface area (Å²) in [5.41, 5.74) is 0.110. The van der Waals surface area contributed by atoms with Crippen LogP contribution in [0.3, 0.4) is 0 Å². The van der Waals surface area contributed by atoms with Crippen LogP contribution in [-0.4, -0.2) is 34.7 Å². The molecule has 5 N–H and O–H groups in total. The summed E-state index contributed by atoms with van der Waals surface area (Å²) in [6.45, 7) is 0. The van der Waals surface area contributed by atoms with Gasteiger partial charge in [0.2, 0.25) is 0 Å². The number of aliphatic hydroxyl groups is 1. The first-order valence-corrected chi connectivity index (χ1v) is 7.84. The maximum absolute atomic E-state index is 11.1. The Morgan fingerprint density at radius 1 is 1.26 bits per heavy atom. The molecular formula is C7H13ClN2O7P2. The Hall–Kier alpha value is -0.370. The van der Waals surface area contributed by atoms with Crippen LogP contribution in [0.25, 0.3) is 0 Å². The predicted molar refractivity (Wildman–Crippen MR) is 58.2 cm³/mol. The number of aryl methyl sites for hydroxylation is 1. The third-order valence-corrected chi connectivity index (χ3v) is 6.14. The minimum atomic E-state index is -5.44. The molecule has 110 valence electrons. The van der Waals surface area contributed by atoms with E-state index in [0.29, 0.717) is 0 Å². The standard InChI is InChI=1S/C7H12N2O7P2.ClH/c1-9-5-8-3-2-6(9)4-7(10,17(11,12)13)18(14,15)16;/h2-3,5,10H,4H2,1H3,(H3-,11,12,13,14,15,16);1H. The molecule has 1 aromatic heterocycles. The Morgan fingerprint density at radius 3 is 2.11 bits per heavy atom. The highest BCUT2D eigenvalue weighted by atomic mass is 35.5. The van der Waals surface area contributed by atoms with Gasteiger partial charge in [-0.2, -0.15) is 0 Å². The van der Waals surface area contributed by atoms with Gasteiger partial charge in [0, 0.05) is 6.07 Å². The minimum Gasteiger partial charge on any atom is -1.00 e. The molecule has 0 aliphatic carbocycles. The maximum Gasteiger partial charge on any atom is 0.369 e. The SMILES string of the molecule is C[n+]1cnccc1CC(O)(P(=O)(O)O)P(=O)(O)O.[Cl-]. The molecule has 0 atom stereocenters. The van der Waals surface area contributed by atoms with Crippen LogP contribution in [-0.2, 0) is 22.6 Å². The summed E-state index contributed by atoms with van der Waals surface area (Å²) in [6, 6.07) is 1.29. The van der Waals surface area contributed by atoms with Gasteiger partial charge in [0.15, 0.2) is 0 Å². The largest absolute Gasteiger partial charge is 1.00 e. The van der Waals surface area contributed by atoms with Crippen LogP contribution in [0.1, 0.15) is 5.69 Å². The first kappa shape index (κ1) is 18.6. The highest BCUT2D eigenvalue weighted by Crippen LogP contribution is 2.68. The molecule has 0 aliphatic heterocycles. The van der Waals surface area contributed by atoms with Crippen LogP contribution < -0.4 is 17.0 Å². The molecule has 0 saturated carbocycles. The van der Waals surface area contributed by atoms with Crippen molar-refractivity contribution >= 4 is 15.2 Å². The summed E-state index contributed by atoms with van der Waals surface area (Å²) in [6.07, 6.45) is 1.64. The van der Waals surface area contributed by atoms with Gasteiger partial charge in [-0.05, 0) is 0 Å². The molecule has 12 heteroatoms. The zero-order valence-corrected chi connectivity index (χ0v) is 12.2. The van der Waals surface area contributed by atoms with Crippen LogP contribution in [0, 0.1) is 0 Å². The lowest BCUT2D eigenvalue weighted by atomic mass is 10.3. The van der Waals surface area contributed by atoms with Crippen molar-refractivity contribution in [3.05, 3.63) is 24.3 Å². The molecule has 0 unspecified atom stereocenters. The summed E-state index contributed by atoms with van der Waals surface area (Å²) in [7, 11) is -9.41. The fourth-order valence-corrected chi connectivity index (χ4v) is 3.36. The van der Waals surface area contributed by atoms with Crippen LogP contribution >= 0.6 is 15.2 Å². The average molecular weight is 335 g/mol. The van der Waals surface area contributed by atoms with E-state index in [9.17, 15) is 14.2 Å². The molecule has 0 aliphatic rings. The number of hydrogen-bond donors (Lipinski definition) is 5. The van der Waals surface area contributed by atoms with Gasteiger partial charge in [-0.1, -0.05) is 4.98 Å². The van der Waals surface area contributed by atoms with Gasteiger partial charge in [-0.25, -0.2) is 4.57 Å². The van der Waals surface area contributed by atoms with E-state index in [-0.39, 0.29) is 18.1 Å². The Labute approximate surface area is 114 Å². The van der Waals surface area contributed by atoms with Crippen LogP contribution in [0.5, 0.6) is 0 Å². The zero-order valence-electron chi connectivity index (χ0n) is 9.66. The minimum absolute atomic E-state index is 0. The van der Waals surface area contributed by atoms with Crippen molar-refractivity contribution in [3.8, 4) is 0 Å². The summed E-state index contributed by atoms with van der Waals surface area (Å²) in [5.74, 6) is 0. The molecule has 0 fully saturated rings. The zero-order chi connectivity index (χ0) is 14.2. The molecule has 1 heterocycles. The van der Waals surface area contributed by atoms with Gasteiger partial charge in [0.25, 0.3) is 11.4 Å². The summed E-state index contributed by atoms with van der Waals surface area (Å²) < 4.78 is 23.6. The number of rotatable bonds is 4. The van der Waals surface area contributed by atoms with Gasteiger partial charge < -0.3 is 37.1 Å². The van der Waals surface area contributed by atoms with Crippen molar-refractivity contribution in [3.63, 3.8) is 0 Å². The molecular weight excluding hydrogens is 321 g/mol. The molecule has 1 aromatic rings. The topological polar surface area (TPSA) is 152 Å². The lowest BCUT2D eigenvalue weighted by Crippen LogP contribution is -3.00. The summed E-state index contributed by atoms with van der Waals surface area (Å²) >= 11 is 0. The van der Waals surface area contributed by atoms with E-state index in [0.717, 1.165) is 0 Å². The Morgan fingerprint density at radius 2 is 1.74 bits per heavy atom. The fourth-order valence-electron chi connectivity index (χ4n) is 1.26. The molecule has 1 rings (SSSR count). The Bertz CT molecular complexity index is 520.